The minimum Gasteiger partial charge on any atom is -0.462 e. The summed E-state index contributed by atoms with van der Waals surface area (Å²) in [6, 6.07) is 15.1. The zero-order valence-electron chi connectivity index (χ0n) is 11.7. The van der Waals surface area contributed by atoms with Crippen molar-refractivity contribution in [1.29, 1.82) is 0 Å². The SMILES string of the molecule is CCOC(=O)c1ccc(N(C)c2ccccc2)c(N)c1. The van der Waals surface area contributed by atoms with Crippen LogP contribution in [0.2, 0.25) is 0 Å². The fraction of sp³-hybridized carbons (Fsp3) is 0.188. The highest BCUT2D eigenvalue weighted by Crippen LogP contribution is 2.29. The van der Waals surface area contributed by atoms with Gasteiger partial charge >= 0.3 is 5.97 Å². The summed E-state index contributed by atoms with van der Waals surface area (Å²) in [5.41, 5.74) is 8.94. The molecule has 0 radical (unpaired) electrons. The van der Waals surface area contributed by atoms with Gasteiger partial charge in [-0.15, -0.1) is 0 Å². The van der Waals surface area contributed by atoms with Gasteiger partial charge in [0.15, 0.2) is 0 Å². The molecule has 0 spiro atoms. The quantitative estimate of drug-likeness (QED) is 0.684. The molecular weight excluding hydrogens is 252 g/mol. The minimum atomic E-state index is -0.354. The van der Waals surface area contributed by atoms with Crippen molar-refractivity contribution in [2.24, 2.45) is 0 Å². The fourth-order valence-electron chi connectivity index (χ4n) is 1.99. The Morgan fingerprint density at radius 2 is 1.90 bits per heavy atom. The largest absolute Gasteiger partial charge is 0.462 e. The highest BCUT2D eigenvalue weighted by molar-refractivity contribution is 5.92. The first-order valence-corrected chi connectivity index (χ1v) is 6.49. The maximum atomic E-state index is 11.7. The maximum absolute atomic E-state index is 11.7. The van der Waals surface area contributed by atoms with Crippen LogP contribution in [0.5, 0.6) is 0 Å². The molecule has 2 rings (SSSR count). The molecule has 0 aliphatic rings. The van der Waals surface area contributed by atoms with E-state index in [1.807, 2.05) is 48.3 Å². The third kappa shape index (κ3) is 2.91. The van der Waals surface area contributed by atoms with E-state index in [1.54, 1.807) is 19.1 Å². The molecule has 0 bridgehead atoms. The highest BCUT2D eigenvalue weighted by atomic mass is 16.5. The predicted molar refractivity (Wildman–Crippen MR) is 81.3 cm³/mol. The smallest absolute Gasteiger partial charge is 0.338 e. The average molecular weight is 270 g/mol. The molecule has 0 atom stereocenters. The number of anilines is 3. The third-order valence-corrected chi connectivity index (χ3v) is 3.04. The Morgan fingerprint density at radius 3 is 2.50 bits per heavy atom. The highest BCUT2D eigenvalue weighted by Gasteiger charge is 2.12. The summed E-state index contributed by atoms with van der Waals surface area (Å²) in [5.74, 6) is -0.354. The number of rotatable bonds is 4. The number of hydrogen-bond donors (Lipinski definition) is 1. The number of nitrogen functional groups attached to an aromatic ring is 1. The van der Waals surface area contributed by atoms with E-state index < -0.39 is 0 Å². The second kappa shape index (κ2) is 6.10. The Kier molecular flexibility index (Phi) is 4.25. The average Bonchev–Trinajstić information content (AvgIpc) is 2.47. The zero-order chi connectivity index (χ0) is 14.5. The van der Waals surface area contributed by atoms with E-state index in [9.17, 15) is 4.79 Å². The molecule has 0 saturated heterocycles. The normalized spacial score (nSPS) is 10.1. The van der Waals surface area contributed by atoms with Crippen LogP contribution in [-0.4, -0.2) is 19.6 Å². The van der Waals surface area contributed by atoms with Crippen molar-refractivity contribution in [3.05, 3.63) is 54.1 Å². The van der Waals surface area contributed by atoms with E-state index in [1.165, 1.54) is 0 Å². The minimum absolute atomic E-state index is 0.352. The molecule has 0 heterocycles. The molecule has 20 heavy (non-hydrogen) atoms. The van der Waals surface area contributed by atoms with Gasteiger partial charge in [0, 0.05) is 12.7 Å². The number of nitrogens with two attached hydrogens (primary N) is 1. The summed E-state index contributed by atoms with van der Waals surface area (Å²) in [7, 11) is 1.94. The monoisotopic (exact) mass is 270 g/mol. The van der Waals surface area contributed by atoms with Crippen LogP contribution in [0.25, 0.3) is 0 Å². The summed E-state index contributed by atoms with van der Waals surface area (Å²) in [4.78, 5) is 13.6. The number of ether oxygens (including phenoxy) is 1. The molecule has 0 amide bonds. The molecule has 2 aromatic carbocycles. The number of carbonyl (C=O) groups excluding carboxylic acids is 1. The number of hydrogen-bond acceptors (Lipinski definition) is 4. The van der Waals surface area contributed by atoms with Crippen LogP contribution >= 0.6 is 0 Å². The third-order valence-electron chi connectivity index (χ3n) is 3.04. The molecular formula is C16H18N2O2. The van der Waals surface area contributed by atoms with Crippen molar-refractivity contribution in [2.75, 3.05) is 24.3 Å². The van der Waals surface area contributed by atoms with E-state index in [-0.39, 0.29) is 5.97 Å². The Morgan fingerprint density at radius 1 is 1.20 bits per heavy atom. The van der Waals surface area contributed by atoms with Crippen molar-refractivity contribution in [3.8, 4) is 0 Å². The first-order chi connectivity index (χ1) is 9.63. The molecule has 2 N–H and O–H groups in total. The van der Waals surface area contributed by atoms with Gasteiger partial charge in [0.1, 0.15) is 0 Å². The van der Waals surface area contributed by atoms with Crippen LogP contribution in [-0.2, 0) is 4.74 Å². The van der Waals surface area contributed by atoms with Crippen molar-refractivity contribution in [1.82, 2.24) is 0 Å². The van der Waals surface area contributed by atoms with Gasteiger partial charge in [0.05, 0.1) is 23.5 Å². The van der Waals surface area contributed by atoms with E-state index in [2.05, 4.69) is 0 Å². The first kappa shape index (κ1) is 13.9. The summed E-state index contributed by atoms with van der Waals surface area (Å²) in [6.45, 7) is 2.13. The molecule has 4 heteroatoms. The standard InChI is InChI=1S/C16H18N2O2/c1-3-20-16(19)12-9-10-15(14(17)11-12)18(2)13-7-5-4-6-8-13/h4-11H,3,17H2,1-2H3. The predicted octanol–water partition coefficient (Wildman–Crippen LogP) is 3.21. The molecule has 0 aliphatic heterocycles. The van der Waals surface area contributed by atoms with Gasteiger partial charge in [-0.25, -0.2) is 4.79 Å². The number of carbonyl (C=O) groups is 1. The number of esters is 1. The van der Waals surface area contributed by atoms with Gasteiger partial charge in [-0.2, -0.15) is 0 Å². The lowest BCUT2D eigenvalue weighted by atomic mass is 10.1. The number of nitrogens with zero attached hydrogens (tertiary/aromatic N) is 1. The van der Waals surface area contributed by atoms with E-state index in [4.69, 9.17) is 10.5 Å². The lowest BCUT2D eigenvalue weighted by Crippen LogP contribution is -2.12. The molecule has 0 unspecified atom stereocenters. The van der Waals surface area contributed by atoms with E-state index in [0.29, 0.717) is 17.9 Å². The van der Waals surface area contributed by atoms with Crippen molar-refractivity contribution < 1.29 is 9.53 Å². The van der Waals surface area contributed by atoms with Crippen LogP contribution in [0, 0.1) is 0 Å². The summed E-state index contributed by atoms with van der Waals surface area (Å²) < 4.78 is 4.96. The number of benzene rings is 2. The van der Waals surface area contributed by atoms with Crippen LogP contribution in [0.3, 0.4) is 0 Å². The molecule has 0 aromatic heterocycles. The maximum Gasteiger partial charge on any atom is 0.338 e. The molecule has 0 fully saturated rings. The Balaban J connectivity index is 2.28. The lowest BCUT2D eigenvalue weighted by molar-refractivity contribution is 0.0526. The first-order valence-electron chi connectivity index (χ1n) is 6.49. The van der Waals surface area contributed by atoms with E-state index >= 15 is 0 Å². The lowest BCUT2D eigenvalue weighted by Gasteiger charge is -2.21. The summed E-state index contributed by atoms with van der Waals surface area (Å²) >= 11 is 0. The number of para-hydroxylation sites is 1. The Bertz CT molecular complexity index is 597. The van der Waals surface area contributed by atoms with Crippen molar-refractivity contribution in [2.45, 2.75) is 6.92 Å². The second-order valence-electron chi connectivity index (χ2n) is 4.39. The fourth-order valence-corrected chi connectivity index (χ4v) is 1.99. The van der Waals surface area contributed by atoms with Gasteiger partial charge in [-0.3, -0.25) is 0 Å². The molecule has 104 valence electrons. The van der Waals surface area contributed by atoms with Crippen LogP contribution < -0.4 is 10.6 Å². The van der Waals surface area contributed by atoms with Crippen LogP contribution in [0.15, 0.2) is 48.5 Å². The summed E-state index contributed by atoms with van der Waals surface area (Å²) in [5, 5.41) is 0. The second-order valence-corrected chi connectivity index (χ2v) is 4.39. The molecule has 4 nitrogen and oxygen atoms in total. The Hall–Kier alpha value is -2.49. The Labute approximate surface area is 118 Å². The topological polar surface area (TPSA) is 55.6 Å². The molecule has 0 aliphatic carbocycles. The van der Waals surface area contributed by atoms with Gasteiger partial charge in [-0.05, 0) is 37.3 Å². The van der Waals surface area contributed by atoms with Gasteiger partial charge in [0.25, 0.3) is 0 Å². The van der Waals surface area contributed by atoms with Crippen LogP contribution in [0.1, 0.15) is 17.3 Å². The van der Waals surface area contributed by atoms with Crippen molar-refractivity contribution >= 4 is 23.0 Å². The zero-order valence-corrected chi connectivity index (χ0v) is 11.7. The molecule has 2 aromatic rings. The van der Waals surface area contributed by atoms with E-state index in [0.717, 1.165) is 11.4 Å². The molecule has 0 saturated carbocycles. The van der Waals surface area contributed by atoms with Gasteiger partial charge < -0.3 is 15.4 Å². The van der Waals surface area contributed by atoms with Gasteiger partial charge in [-0.1, -0.05) is 18.2 Å². The van der Waals surface area contributed by atoms with Crippen molar-refractivity contribution in [3.63, 3.8) is 0 Å². The van der Waals surface area contributed by atoms with Crippen LogP contribution in [0.4, 0.5) is 17.1 Å². The summed E-state index contributed by atoms with van der Waals surface area (Å²) in [6.07, 6.45) is 0. The van der Waals surface area contributed by atoms with Gasteiger partial charge in [0.2, 0.25) is 0 Å².